The van der Waals surface area contributed by atoms with Crippen LogP contribution in [0.3, 0.4) is 0 Å². The van der Waals surface area contributed by atoms with Crippen molar-refractivity contribution in [3.05, 3.63) is 42.1 Å². The number of carbonyl (C=O) groups excluding carboxylic acids is 1. The normalized spacial score (nSPS) is 10.8. The number of aromatic nitrogens is 1. The van der Waals surface area contributed by atoms with Gasteiger partial charge in [-0.2, -0.15) is 5.10 Å². The predicted octanol–water partition coefficient (Wildman–Crippen LogP) is 1.70. The molecule has 0 atom stereocenters. The first-order valence-corrected chi connectivity index (χ1v) is 4.91. The number of para-hydroxylation sites is 1. The van der Waals surface area contributed by atoms with Gasteiger partial charge in [-0.15, -0.1) is 0 Å². The molecular weight excluding hydrogens is 202 g/mol. The SMILES string of the molecule is CC(=O)N/N=C/c1ccc2ccccc2n1. The molecule has 0 saturated carbocycles. The van der Waals surface area contributed by atoms with Gasteiger partial charge in [0.15, 0.2) is 0 Å². The van der Waals surface area contributed by atoms with Crippen LogP contribution in [0.25, 0.3) is 10.9 Å². The van der Waals surface area contributed by atoms with Gasteiger partial charge in [-0.3, -0.25) is 4.79 Å². The van der Waals surface area contributed by atoms with Crippen molar-refractivity contribution in [3.8, 4) is 0 Å². The Hall–Kier alpha value is -2.23. The van der Waals surface area contributed by atoms with E-state index in [9.17, 15) is 4.79 Å². The third-order valence-corrected chi connectivity index (χ3v) is 2.04. The molecule has 0 saturated heterocycles. The lowest BCUT2D eigenvalue weighted by Crippen LogP contribution is -2.12. The summed E-state index contributed by atoms with van der Waals surface area (Å²) < 4.78 is 0. The fourth-order valence-corrected chi connectivity index (χ4v) is 1.34. The molecule has 0 spiro atoms. The molecule has 1 amide bonds. The topological polar surface area (TPSA) is 54.4 Å². The van der Waals surface area contributed by atoms with Crippen molar-refractivity contribution in [1.29, 1.82) is 0 Å². The third-order valence-electron chi connectivity index (χ3n) is 2.04. The maximum absolute atomic E-state index is 10.6. The number of hydrogen-bond acceptors (Lipinski definition) is 3. The van der Waals surface area contributed by atoms with Gasteiger partial charge in [0.1, 0.15) is 0 Å². The van der Waals surface area contributed by atoms with Gasteiger partial charge in [-0.25, -0.2) is 10.4 Å². The Balaban J connectivity index is 2.26. The number of nitrogens with zero attached hydrogens (tertiary/aromatic N) is 2. The van der Waals surface area contributed by atoms with Crippen LogP contribution < -0.4 is 5.43 Å². The molecule has 0 aliphatic heterocycles. The molecule has 2 rings (SSSR count). The smallest absolute Gasteiger partial charge is 0.236 e. The number of pyridine rings is 1. The van der Waals surface area contributed by atoms with E-state index in [4.69, 9.17) is 0 Å². The molecule has 0 bridgehead atoms. The van der Waals surface area contributed by atoms with Gasteiger partial charge in [0.2, 0.25) is 5.91 Å². The highest BCUT2D eigenvalue weighted by atomic mass is 16.2. The molecule has 1 aromatic heterocycles. The number of hydrazone groups is 1. The summed E-state index contributed by atoms with van der Waals surface area (Å²) in [6.07, 6.45) is 1.52. The van der Waals surface area contributed by atoms with Gasteiger partial charge in [-0.1, -0.05) is 24.3 Å². The van der Waals surface area contributed by atoms with Crippen molar-refractivity contribution < 1.29 is 4.79 Å². The lowest BCUT2D eigenvalue weighted by Gasteiger charge is -1.97. The minimum Gasteiger partial charge on any atom is -0.274 e. The summed E-state index contributed by atoms with van der Waals surface area (Å²) in [4.78, 5) is 15.0. The zero-order valence-corrected chi connectivity index (χ0v) is 8.84. The summed E-state index contributed by atoms with van der Waals surface area (Å²) in [5.74, 6) is -0.197. The largest absolute Gasteiger partial charge is 0.274 e. The highest BCUT2D eigenvalue weighted by molar-refractivity contribution is 5.85. The first-order valence-electron chi connectivity index (χ1n) is 4.91. The lowest BCUT2D eigenvalue weighted by molar-refractivity contribution is -0.118. The zero-order chi connectivity index (χ0) is 11.4. The number of benzene rings is 1. The fraction of sp³-hybridized carbons (Fsp3) is 0.0833. The molecule has 1 heterocycles. The van der Waals surface area contributed by atoms with Gasteiger partial charge in [-0.05, 0) is 12.1 Å². The van der Waals surface area contributed by atoms with Crippen molar-refractivity contribution in [3.63, 3.8) is 0 Å². The summed E-state index contributed by atoms with van der Waals surface area (Å²) in [5, 5.41) is 4.84. The molecule has 1 aromatic carbocycles. The quantitative estimate of drug-likeness (QED) is 0.609. The summed E-state index contributed by atoms with van der Waals surface area (Å²) in [6, 6.07) is 11.7. The van der Waals surface area contributed by atoms with E-state index in [1.54, 1.807) is 0 Å². The highest BCUT2D eigenvalue weighted by Crippen LogP contribution is 2.10. The first-order chi connectivity index (χ1) is 7.75. The summed E-state index contributed by atoms with van der Waals surface area (Å²) in [7, 11) is 0. The van der Waals surface area contributed by atoms with Crippen LogP contribution in [-0.2, 0) is 4.79 Å². The zero-order valence-electron chi connectivity index (χ0n) is 8.84. The van der Waals surface area contributed by atoms with Crippen molar-refractivity contribution in [2.45, 2.75) is 6.92 Å². The molecular formula is C12H11N3O. The van der Waals surface area contributed by atoms with Crippen LogP contribution >= 0.6 is 0 Å². The summed E-state index contributed by atoms with van der Waals surface area (Å²) in [5.41, 5.74) is 3.96. The van der Waals surface area contributed by atoms with E-state index in [2.05, 4.69) is 15.5 Å². The third kappa shape index (κ3) is 2.42. The molecule has 4 heteroatoms. The molecule has 0 aliphatic carbocycles. The standard InChI is InChI=1S/C12H11N3O/c1-9(16)15-13-8-11-7-6-10-4-2-3-5-12(10)14-11/h2-8H,1H3,(H,15,16)/b13-8+. The van der Waals surface area contributed by atoms with Crippen LogP contribution in [0.2, 0.25) is 0 Å². The van der Waals surface area contributed by atoms with E-state index in [0.717, 1.165) is 10.9 Å². The molecule has 2 aromatic rings. The number of amides is 1. The van der Waals surface area contributed by atoms with Gasteiger partial charge >= 0.3 is 0 Å². The predicted molar refractivity (Wildman–Crippen MR) is 63.2 cm³/mol. The van der Waals surface area contributed by atoms with Crippen LogP contribution in [0.5, 0.6) is 0 Å². The second-order valence-electron chi connectivity index (χ2n) is 3.36. The van der Waals surface area contributed by atoms with Gasteiger partial charge in [0.25, 0.3) is 0 Å². The van der Waals surface area contributed by atoms with Crippen molar-refractivity contribution in [1.82, 2.24) is 10.4 Å². The second kappa shape index (κ2) is 4.53. The Bertz CT molecular complexity index is 549. The van der Waals surface area contributed by atoms with Crippen LogP contribution in [0.1, 0.15) is 12.6 Å². The fourth-order valence-electron chi connectivity index (χ4n) is 1.34. The van der Waals surface area contributed by atoms with Crippen molar-refractivity contribution in [2.24, 2.45) is 5.10 Å². The van der Waals surface area contributed by atoms with Crippen molar-refractivity contribution in [2.75, 3.05) is 0 Å². The van der Waals surface area contributed by atoms with E-state index >= 15 is 0 Å². The van der Waals surface area contributed by atoms with E-state index in [1.165, 1.54) is 13.1 Å². The maximum atomic E-state index is 10.6. The second-order valence-corrected chi connectivity index (χ2v) is 3.36. The molecule has 4 nitrogen and oxygen atoms in total. The molecule has 16 heavy (non-hydrogen) atoms. The molecule has 0 radical (unpaired) electrons. The Labute approximate surface area is 93.0 Å². The molecule has 0 unspecified atom stereocenters. The van der Waals surface area contributed by atoms with Gasteiger partial charge < -0.3 is 0 Å². The molecule has 80 valence electrons. The molecule has 0 aliphatic rings. The lowest BCUT2D eigenvalue weighted by atomic mass is 10.2. The molecule has 0 fully saturated rings. The van der Waals surface area contributed by atoms with E-state index in [-0.39, 0.29) is 5.91 Å². The molecule has 1 N–H and O–H groups in total. The minimum atomic E-state index is -0.197. The number of hydrogen-bond donors (Lipinski definition) is 1. The van der Waals surface area contributed by atoms with E-state index in [0.29, 0.717) is 5.69 Å². The summed E-state index contributed by atoms with van der Waals surface area (Å²) in [6.45, 7) is 1.41. The number of rotatable bonds is 2. The summed E-state index contributed by atoms with van der Waals surface area (Å²) >= 11 is 0. The first kappa shape index (κ1) is 10.3. The minimum absolute atomic E-state index is 0.197. The average molecular weight is 213 g/mol. The monoisotopic (exact) mass is 213 g/mol. The van der Waals surface area contributed by atoms with Gasteiger partial charge in [0.05, 0.1) is 17.4 Å². The number of fused-ring (bicyclic) bond motifs is 1. The average Bonchev–Trinajstić information content (AvgIpc) is 2.28. The van der Waals surface area contributed by atoms with Crippen LogP contribution in [0, 0.1) is 0 Å². The Morgan fingerprint density at radius 2 is 2.12 bits per heavy atom. The van der Waals surface area contributed by atoms with Crippen LogP contribution in [0.4, 0.5) is 0 Å². The number of nitrogens with one attached hydrogen (secondary N) is 1. The van der Waals surface area contributed by atoms with Crippen molar-refractivity contribution >= 4 is 23.0 Å². The Morgan fingerprint density at radius 1 is 1.31 bits per heavy atom. The maximum Gasteiger partial charge on any atom is 0.236 e. The van der Waals surface area contributed by atoms with Crippen LogP contribution in [0.15, 0.2) is 41.5 Å². The van der Waals surface area contributed by atoms with Crippen LogP contribution in [-0.4, -0.2) is 17.1 Å². The van der Waals surface area contributed by atoms with Gasteiger partial charge in [0, 0.05) is 12.3 Å². The van der Waals surface area contributed by atoms with E-state index in [1.807, 2.05) is 36.4 Å². The highest BCUT2D eigenvalue weighted by Gasteiger charge is 1.94. The Kier molecular flexibility index (Phi) is 2.91. The van der Waals surface area contributed by atoms with E-state index < -0.39 is 0 Å². The Morgan fingerprint density at radius 3 is 2.94 bits per heavy atom. The number of carbonyl (C=O) groups is 1.